The van der Waals surface area contributed by atoms with E-state index in [1.54, 1.807) is 24.0 Å². The molecule has 4 heterocycles. The Kier molecular flexibility index (Phi) is 4.93. The van der Waals surface area contributed by atoms with Gasteiger partial charge in [0.1, 0.15) is 12.4 Å². The zero-order valence-corrected chi connectivity index (χ0v) is 18.0. The summed E-state index contributed by atoms with van der Waals surface area (Å²) in [4.78, 5) is 21.9. The predicted octanol–water partition coefficient (Wildman–Crippen LogP) is 1.86. The summed E-state index contributed by atoms with van der Waals surface area (Å²) in [6, 6.07) is 3.39. The van der Waals surface area contributed by atoms with Crippen LogP contribution in [-0.4, -0.2) is 54.3 Å². The molecular formula is C21H23FN4O4S. The lowest BCUT2D eigenvalue weighted by molar-refractivity contribution is -0.118. The molecule has 1 saturated heterocycles. The number of carbonyl (C=O) groups excluding carboxylic acids is 1. The van der Waals surface area contributed by atoms with Gasteiger partial charge in [0.25, 0.3) is 5.88 Å². The number of rotatable bonds is 5. The molecule has 0 unspecified atom stereocenters. The van der Waals surface area contributed by atoms with Crippen LogP contribution in [0.5, 0.6) is 5.88 Å². The molecule has 5 rings (SSSR count). The van der Waals surface area contributed by atoms with Crippen LogP contribution in [0.25, 0.3) is 0 Å². The van der Waals surface area contributed by atoms with Crippen molar-refractivity contribution < 1.29 is 22.3 Å². The van der Waals surface area contributed by atoms with Gasteiger partial charge in [0.2, 0.25) is 21.7 Å². The van der Waals surface area contributed by atoms with Gasteiger partial charge in [-0.25, -0.2) is 13.4 Å². The van der Waals surface area contributed by atoms with E-state index in [0.717, 1.165) is 16.8 Å². The molecule has 0 N–H and O–H groups in total. The van der Waals surface area contributed by atoms with Crippen LogP contribution >= 0.6 is 0 Å². The fourth-order valence-corrected chi connectivity index (χ4v) is 6.20. The molecule has 1 atom stereocenters. The van der Waals surface area contributed by atoms with Crippen molar-refractivity contribution >= 4 is 21.6 Å². The number of anilines is 1. The molecular weight excluding hydrogens is 423 g/mol. The van der Waals surface area contributed by atoms with Crippen molar-refractivity contribution in [3.8, 4) is 5.88 Å². The van der Waals surface area contributed by atoms with E-state index in [4.69, 9.17) is 4.74 Å². The third-order valence-electron chi connectivity index (χ3n) is 6.21. The van der Waals surface area contributed by atoms with Gasteiger partial charge in [0, 0.05) is 19.5 Å². The van der Waals surface area contributed by atoms with Gasteiger partial charge in [-0.15, -0.1) is 0 Å². The van der Waals surface area contributed by atoms with Crippen LogP contribution in [0.1, 0.15) is 36.6 Å². The quantitative estimate of drug-likeness (QED) is 0.696. The van der Waals surface area contributed by atoms with Crippen LogP contribution < -0.4 is 9.64 Å². The Balaban J connectivity index is 1.37. The topological polar surface area (TPSA) is 92.7 Å². The molecule has 3 aliphatic heterocycles. The second-order valence-electron chi connectivity index (χ2n) is 8.07. The van der Waals surface area contributed by atoms with E-state index in [9.17, 15) is 17.6 Å². The van der Waals surface area contributed by atoms with Crippen LogP contribution in [0, 0.1) is 5.82 Å². The van der Waals surface area contributed by atoms with Crippen molar-refractivity contribution in [2.75, 3.05) is 24.5 Å². The highest BCUT2D eigenvalue weighted by Gasteiger charge is 2.37. The van der Waals surface area contributed by atoms with Crippen molar-refractivity contribution in [3.63, 3.8) is 0 Å². The maximum Gasteiger partial charge on any atom is 0.254 e. The summed E-state index contributed by atoms with van der Waals surface area (Å²) in [7, 11) is -3.72. The van der Waals surface area contributed by atoms with Crippen LogP contribution in [-0.2, 0) is 34.1 Å². The molecule has 0 aliphatic carbocycles. The third kappa shape index (κ3) is 3.38. The smallest absolute Gasteiger partial charge is 0.254 e. The van der Waals surface area contributed by atoms with E-state index in [1.165, 1.54) is 10.6 Å². The van der Waals surface area contributed by atoms with E-state index < -0.39 is 21.9 Å². The Hall–Kier alpha value is -2.59. The zero-order chi connectivity index (χ0) is 21.8. The normalized spacial score (nSPS) is 20.9. The summed E-state index contributed by atoms with van der Waals surface area (Å²) in [5, 5.41) is 0. The summed E-state index contributed by atoms with van der Waals surface area (Å²) < 4.78 is 48.1. The summed E-state index contributed by atoms with van der Waals surface area (Å²) in [5.41, 5.74) is 2.98. The molecule has 2 aromatic rings. The zero-order valence-electron chi connectivity index (χ0n) is 17.2. The van der Waals surface area contributed by atoms with Gasteiger partial charge in [-0.05, 0) is 48.9 Å². The number of hydrogen-bond donors (Lipinski definition) is 0. The van der Waals surface area contributed by atoms with Gasteiger partial charge >= 0.3 is 0 Å². The molecule has 1 aromatic carbocycles. The Bertz CT molecular complexity index is 1170. The predicted molar refractivity (Wildman–Crippen MR) is 110 cm³/mol. The van der Waals surface area contributed by atoms with Gasteiger partial charge < -0.3 is 9.64 Å². The van der Waals surface area contributed by atoms with Crippen LogP contribution in [0.2, 0.25) is 0 Å². The molecule has 10 heteroatoms. The van der Waals surface area contributed by atoms with Crippen molar-refractivity contribution in [1.29, 1.82) is 0 Å². The first-order valence-corrected chi connectivity index (χ1v) is 11.9. The molecule has 0 spiro atoms. The maximum absolute atomic E-state index is 14.4. The summed E-state index contributed by atoms with van der Waals surface area (Å²) in [5.74, 6) is -0.629. The van der Waals surface area contributed by atoms with Crippen LogP contribution in [0.15, 0.2) is 23.4 Å². The highest BCUT2D eigenvalue weighted by molar-refractivity contribution is 7.89. The first-order valence-electron chi connectivity index (χ1n) is 10.5. The molecule has 0 bridgehead atoms. The maximum atomic E-state index is 14.4. The van der Waals surface area contributed by atoms with Gasteiger partial charge in [0.05, 0.1) is 22.8 Å². The SMILES string of the molecule is CCc1ncnc(O[C@H]2CCN(S(=O)(=O)c3cc4c5c(c3)CCN5C(=O)CC4)C2)c1F. The Morgan fingerprint density at radius 3 is 2.71 bits per heavy atom. The lowest BCUT2D eigenvalue weighted by Crippen LogP contribution is -2.33. The number of hydrogen-bond acceptors (Lipinski definition) is 6. The Morgan fingerprint density at radius 1 is 1.16 bits per heavy atom. The van der Waals surface area contributed by atoms with Crippen LogP contribution in [0.4, 0.5) is 10.1 Å². The van der Waals surface area contributed by atoms with Crippen molar-refractivity contribution in [3.05, 3.63) is 41.1 Å². The van der Waals surface area contributed by atoms with Gasteiger partial charge in [-0.3, -0.25) is 4.79 Å². The second-order valence-corrected chi connectivity index (χ2v) is 10.0. The monoisotopic (exact) mass is 446 g/mol. The van der Waals surface area contributed by atoms with E-state index >= 15 is 0 Å². The average Bonchev–Trinajstić information content (AvgIpc) is 3.41. The molecule has 1 amide bonds. The van der Waals surface area contributed by atoms with Gasteiger partial charge in [0.15, 0.2) is 0 Å². The molecule has 0 radical (unpaired) electrons. The number of halogens is 1. The fraction of sp³-hybridized carbons (Fsp3) is 0.476. The summed E-state index contributed by atoms with van der Waals surface area (Å²) >= 11 is 0. The average molecular weight is 447 g/mol. The summed E-state index contributed by atoms with van der Waals surface area (Å²) in [6.45, 7) is 2.81. The number of ether oxygens (including phenoxy) is 1. The van der Waals surface area contributed by atoms with Crippen molar-refractivity contribution in [2.24, 2.45) is 0 Å². The first-order chi connectivity index (χ1) is 14.9. The number of benzene rings is 1. The molecule has 31 heavy (non-hydrogen) atoms. The Morgan fingerprint density at radius 2 is 1.94 bits per heavy atom. The minimum Gasteiger partial charge on any atom is -0.471 e. The largest absolute Gasteiger partial charge is 0.471 e. The van der Waals surface area contributed by atoms with E-state index in [1.807, 2.05) is 0 Å². The number of carbonyl (C=O) groups is 1. The number of aromatic nitrogens is 2. The van der Waals surface area contributed by atoms with Crippen molar-refractivity contribution in [1.82, 2.24) is 14.3 Å². The molecule has 0 saturated carbocycles. The number of nitrogens with zero attached hydrogens (tertiary/aromatic N) is 4. The molecule has 1 fully saturated rings. The van der Waals surface area contributed by atoms with Gasteiger partial charge in [-0.1, -0.05) is 6.92 Å². The van der Waals surface area contributed by atoms with Crippen molar-refractivity contribution in [2.45, 2.75) is 50.0 Å². The second kappa shape index (κ2) is 7.52. The molecule has 164 valence electrons. The number of sulfonamides is 1. The van der Waals surface area contributed by atoms with E-state index in [-0.39, 0.29) is 35.5 Å². The minimum absolute atomic E-state index is 0.101. The third-order valence-corrected chi connectivity index (χ3v) is 8.06. The summed E-state index contributed by atoms with van der Waals surface area (Å²) in [6.07, 6.45) is 3.26. The fourth-order valence-electron chi connectivity index (χ4n) is 4.61. The number of aryl methyl sites for hydroxylation is 2. The standard InChI is InChI=1S/C21H23FN4O4S/c1-2-17-19(22)21(24-12-23-17)30-15-6-7-25(11-15)31(28,29)16-9-13-3-4-18(27)26-8-5-14(10-16)20(13)26/h9-10,12,15H,2-8,11H2,1H3/t15-/m0/s1. The highest BCUT2D eigenvalue weighted by atomic mass is 32.2. The molecule has 8 nitrogen and oxygen atoms in total. The number of amides is 1. The van der Waals surface area contributed by atoms with E-state index in [0.29, 0.717) is 38.6 Å². The van der Waals surface area contributed by atoms with Gasteiger partial charge in [-0.2, -0.15) is 13.7 Å². The van der Waals surface area contributed by atoms with E-state index in [2.05, 4.69) is 9.97 Å². The molecule has 1 aromatic heterocycles. The lowest BCUT2D eigenvalue weighted by Gasteiger charge is -2.26. The Labute approximate surface area is 180 Å². The lowest BCUT2D eigenvalue weighted by atomic mass is 10.00. The first kappa shape index (κ1) is 20.3. The van der Waals surface area contributed by atoms with Crippen LogP contribution in [0.3, 0.4) is 0 Å². The minimum atomic E-state index is -3.72. The highest BCUT2D eigenvalue weighted by Crippen LogP contribution is 2.39. The molecule has 3 aliphatic rings.